The van der Waals surface area contributed by atoms with Crippen molar-refractivity contribution >= 4 is 29.3 Å². The number of carbonyl (C=O) groups excluding carboxylic acids is 1. The predicted octanol–water partition coefficient (Wildman–Crippen LogP) is 3.54. The first-order valence-corrected chi connectivity index (χ1v) is 8.44. The van der Waals surface area contributed by atoms with Crippen molar-refractivity contribution in [3.63, 3.8) is 0 Å². The van der Waals surface area contributed by atoms with Gasteiger partial charge in [-0.3, -0.25) is 4.79 Å². The minimum Gasteiger partial charge on any atom is -0.464 e. The Bertz CT molecular complexity index is 925. The monoisotopic (exact) mass is 374 g/mol. The number of nitrogens with one attached hydrogen (secondary N) is 2. The Hall–Kier alpha value is -2.37. The maximum absolute atomic E-state index is 13.2. The van der Waals surface area contributed by atoms with Gasteiger partial charge < -0.3 is 15.1 Å². The Labute approximate surface area is 157 Å². The third kappa shape index (κ3) is 3.74. The second kappa shape index (κ2) is 7.89. The minimum absolute atomic E-state index is 0. The molecule has 1 aliphatic rings. The van der Waals surface area contributed by atoms with Crippen LogP contribution < -0.4 is 10.6 Å². The molecule has 2 heterocycles. The summed E-state index contributed by atoms with van der Waals surface area (Å²) >= 11 is 0. The van der Waals surface area contributed by atoms with Gasteiger partial charge in [-0.2, -0.15) is 0 Å². The van der Waals surface area contributed by atoms with E-state index in [0.29, 0.717) is 12.1 Å². The molecule has 1 aliphatic heterocycles. The Kier molecular flexibility index (Phi) is 5.59. The molecular weight excluding hydrogens is 355 g/mol. The van der Waals surface area contributed by atoms with E-state index >= 15 is 0 Å². The number of furan rings is 1. The van der Waals surface area contributed by atoms with Gasteiger partial charge in [-0.25, -0.2) is 4.39 Å². The van der Waals surface area contributed by atoms with Crippen molar-refractivity contribution in [1.29, 1.82) is 0 Å². The smallest absolute Gasteiger partial charge is 0.224 e. The van der Waals surface area contributed by atoms with E-state index < -0.39 is 0 Å². The van der Waals surface area contributed by atoms with E-state index in [9.17, 15) is 9.18 Å². The molecule has 1 atom stereocenters. The van der Waals surface area contributed by atoms with Crippen LogP contribution in [0, 0.1) is 5.82 Å². The molecule has 1 amide bonds. The Morgan fingerprint density at radius 1 is 1.27 bits per heavy atom. The summed E-state index contributed by atoms with van der Waals surface area (Å²) in [5, 5.41) is 7.22. The van der Waals surface area contributed by atoms with Gasteiger partial charge >= 0.3 is 0 Å². The SMILES string of the molecule is Cl.O=C(Cc1coc2cc(F)ccc12)NCC1NCCc2ccccc21. The lowest BCUT2D eigenvalue weighted by molar-refractivity contribution is -0.120. The van der Waals surface area contributed by atoms with Crippen LogP contribution in [0.4, 0.5) is 4.39 Å². The van der Waals surface area contributed by atoms with Crippen LogP contribution in [0.2, 0.25) is 0 Å². The third-order valence-electron chi connectivity index (χ3n) is 4.69. The van der Waals surface area contributed by atoms with Crippen LogP contribution in [-0.2, 0) is 17.6 Å². The van der Waals surface area contributed by atoms with Gasteiger partial charge in [-0.1, -0.05) is 24.3 Å². The molecule has 3 aromatic rings. The zero-order chi connectivity index (χ0) is 17.2. The average Bonchev–Trinajstić information content (AvgIpc) is 3.01. The van der Waals surface area contributed by atoms with E-state index in [1.807, 2.05) is 12.1 Å². The molecule has 136 valence electrons. The van der Waals surface area contributed by atoms with Crippen molar-refractivity contribution in [3.8, 4) is 0 Å². The van der Waals surface area contributed by atoms with Crippen molar-refractivity contribution in [2.75, 3.05) is 13.1 Å². The molecule has 0 bridgehead atoms. The second-order valence-corrected chi connectivity index (χ2v) is 6.34. The molecule has 4 nitrogen and oxygen atoms in total. The summed E-state index contributed by atoms with van der Waals surface area (Å²) in [5.74, 6) is -0.420. The third-order valence-corrected chi connectivity index (χ3v) is 4.69. The quantitative estimate of drug-likeness (QED) is 0.734. The van der Waals surface area contributed by atoms with Crippen molar-refractivity contribution in [2.45, 2.75) is 18.9 Å². The van der Waals surface area contributed by atoms with Crippen LogP contribution >= 0.6 is 12.4 Å². The van der Waals surface area contributed by atoms with Crippen LogP contribution in [0.15, 0.2) is 53.1 Å². The van der Waals surface area contributed by atoms with Crippen molar-refractivity contribution < 1.29 is 13.6 Å². The molecular formula is C20H20ClFN2O2. The molecule has 1 unspecified atom stereocenters. The highest BCUT2D eigenvalue weighted by atomic mass is 35.5. The van der Waals surface area contributed by atoms with Gasteiger partial charge in [-0.15, -0.1) is 12.4 Å². The van der Waals surface area contributed by atoms with Crippen LogP contribution in [0.5, 0.6) is 0 Å². The molecule has 2 aromatic carbocycles. The summed E-state index contributed by atoms with van der Waals surface area (Å²) in [7, 11) is 0. The number of hydrogen-bond donors (Lipinski definition) is 2. The lowest BCUT2D eigenvalue weighted by Gasteiger charge is -2.27. The molecule has 1 aromatic heterocycles. The van der Waals surface area contributed by atoms with E-state index in [4.69, 9.17) is 4.42 Å². The number of benzene rings is 2. The van der Waals surface area contributed by atoms with Gasteiger partial charge in [0, 0.05) is 29.6 Å². The van der Waals surface area contributed by atoms with E-state index in [2.05, 4.69) is 22.8 Å². The molecule has 2 N–H and O–H groups in total. The zero-order valence-corrected chi connectivity index (χ0v) is 14.9. The topological polar surface area (TPSA) is 54.3 Å². The van der Waals surface area contributed by atoms with Crippen LogP contribution in [-0.4, -0.2) is 19.0 Å². The zero-order valence-electron chi connectivity index (χ0n) is 14.1. The maximum Gasteiger partial charge on any atom is 0.224 e. The fourth-order valence-corrected chi connectivity index (χ4v) is 3.42. The van der Waals surface area contributed by atoms with Gasteiger partial charge in [0.05, 0.1) is 12.7 Å². The summed E-state index contributed by atoms with van der Waals surface area (Å²) < 4.78 is 18.5. The minimum atomic E-state index is -0.347. The number of amides is 1. The second-order valence-electron chi connectivity index (χ2n) is 6.34. The van der Waals surface area contributed by atoms with E-state index in [1.54, 1.807) is 6.07 Å². The summed E-state index contributed by atoms with van der Waals surface area (Å²) in [6.07, 6.45) is 2.75. The van der Waals surface area contributed by atoms with E-state index in [-0.39, 0.29) is 36.6 Å². The largest absolute Gasteiger partial charge is 0.464 e. The standard InChI is InChI=1S/C20H19FN2O2.ClH/c21-15-5-6-17-14(12-25-19(17)10-15)9-20(24)23-11-18-16-4-2-1-3-13(16)7-8-22-18;/h1-6,10,12,18,22H,7-9,11H2,(H,23,24);1H. The predicted molar refractivity (Wildman–Crippen MR) is 101 cm³/mol. The Morgan fingerprint density at radius 2 is 2.12 bits per heavy atom. The highest BCUT2D eigenvalue weighted by Crippen LogP contribution is 2.23. The number of fused-ring (bicyclic) bond motifs is 2. The number of halogens is 2. The molecule has 0 saturated heterocycles. The molecule has 0 saturated carbocycles. The number of carbonyl (C=O) groups is 1. The molecule has 0 spiro atoms. The summed E-state index contributed by atoms with van der Waals surface area (Å²) in [6.45, 7) is 1.45. The summed E-state index contributed by atoms with van der Waals surface area (Å²) in [6, 6.07) is 12.8. The number of hydrogen-bond acceptors (Lipinski definition) is 3. The Morgan fingerprint density at radius 3 is 3.00 bits per heavy atom. The first kappa shape index (κ1) is 18.4. The maximum atomic E-state index is 13.2. The highest BCUT2D eigenvalue weighted by molar-refractivity contribution is 5.87. The average molecular weight is 375 g/mol. The van der Waals surface area contributed by atoms with E-state index in [1.165, 1.54) is 29.5 Å². The first-order valence-electron chi connectivity index (χ1n) is 8.44. The molecule has 0 fully saturated rings. The van der Waals surface area contributed by atoms with E-state index in [0.717, 1.165) is 23.9 Å². The normalized spacial score (nSPS) is 16.0. The summed E-state index contributed by atoms with van der Waals surface area (Å²) in [4.78, 5) is 12.3. The molecule has 6 heteroatoms. The molecule has 26 heavy (non-hydrogen) atoms. The molecule has 0 radical (unpaired) electrons. The number of rotatable bonds is 4. The van der Waals surface area contributed by atoms with Gasteiger partial charge in [0.25, 0.3) is 0 Å². The highest BCUT2D eigenvalue weighted by Gasteiger charge is 2.20. The van der Waals surface area contributed by atoms with Gasteiger partial charge in [-0.05, 0) is 36.2 Å². The fraction of sp³-hybridized carbons (Fsp3) is 0.250. The van der Waals surface area contributed by atoms with Crippen molar-refractivity contribution in [1.82, 2.24) is 10.6 Å². The van der Waals surface area contributed by atoms with Gasteiger partial charge in [0.2, 0.25) is 5.91 Å². The van der Waals surface area contributed by atoms with Gasteiger partial charge in [0.15, 0.2) is 0 Å². The fourth-order valence-electron chi connectivity index (χ4n) is 3.42. The van der Waals surface area contributed by atoms with Crippen molar-refractivity contribution in [3.05, 3.63) is 71.2 Å². The molecule has 0 aliphatic carbocycles. The van der Waals surface area contributed by atoms with Crippen LogP contribution in [0.3, 0.4) is 0 Å². The first-order chi connectivity index (χ1) is 12.2. The Balaban J connectivity index is 0.00000196. The van der Waals surface area contributed by atoms with Crippen LogP contribution in [0.25, 0.3) is 11.0 Å². The molecule has 4 rings (SSSR count). The van der Waals surface area contributed by atoms with Crippen LogP contribution in [0.1, 0.15) is 22.7 Å². The van der Waals surface area contributed by atoms with Gasteiger partial charge in [0.1, 0.15) is 11.4 Å². The lowest BCUT2D eigenvalue weighted by atomic mass is 9.94. The van der Waals surface area contributed by atoms with Crippen molar-refractivity contribution in [2.24, 2.45) is 0 Å². The lowest BCUT2D eigenvalue weighted by Crippen LogP contribution is -2.39. The summed E-state index contributed by atoms with van der Waals surface area (Å²) in [5.41, 5.74) is 3.82.